The zero-order chi connectivity index (χ0) is 15.8. The van der Waals surface area contributed by atoms with Crippen molar-refractivity contribution in [3.8, 4) is 5.75 Å². The lowest BCUT2D eigenvalue weighted by atomic mass is 9.84. The molecule has 0 bridgehead atoms. The molecule has 1 N–H and O–H groups in total. The number of nitrogens with zero attached hydrogens (tertiary/aromatic N) is 1. The molecular formula is C16H22N2O3. The number of carbonyl (C=O) groups is 2. The first-order chi connectivity index (χ1) is 9.74. The fraction of sp³-hybridized carbons (Fsp3) is 0.500. The molecule has 0 aliphatic carbocycles. The number of rotatable bonds is 2. The Bertz CT molecular complexity index is 575. The third kappa shape index (κ3) is 3.01. The minimum Gasteiger partial charge on any atom is -0.495 e. The second kappa shape index (κ2) is 5.39. The Morgan fingerprint density at radius 2 is 1.95 bits per heavy atom. The lowest BCUT2D eigenvalue weighted by Gasteiger charge is -2.39. The first kappa shape index (κ1) is 15.4. The summed E-state index contributed by atoms with van der Waals surface area (Å²) in [6.07, 6.45) is 0. The molecule has 1 aromatic carbocycles. The van der Waals surface area contributed by atoms with Crippen molar-refractivity contribution in [1.82, 2.24) is 5.32 Å². The van der Waals surface area contributed by atoms with E-state index in [-0.39, 0.29) is 23.8 Å². The summed E-state index contributed by atoms with van der Waals surface area (Å²) >= 11 is 0. The van der Waals surface area contributed by atoms with Gasteiger partial charge in [-0.25, -0.2) is 0 Å². The molecule has 0 spiro atoms. The van der Waals surface area contributed by atoms with Crippen LogP contribution in [0.1, 0.15) is 26.3 Å². The van der Waals surface area contributed by atoms with E-state index in [1.807, 2.05) is 45.9 Å². The zero-order valence-corrected chi connectivity index (χ0v) is 13.2. The molecule has 1 aliphatic rings. The third-order valence-corrected chi connectivity index (χ3v) is 3.61. The molecule has 1 heterocycles. The molecule has 0 saturated carbocycles. The maximum atomic E-state index is 12.8. The summed E-state index contributed by atoms with van der Waals surface area (Å²) < 4.78 is 5.33. The number of hydrogen-bond acceptors (Lipinski definition) is 3. The first-order valence-electron chi connectivity index (χ1n) is 6.99. The van der Waals surface area contributed by atoms with Gasteiger partial charge in [0.15, 0.2) is 0 Å². The van der Waals surface area contributed by atoms with Gasteiger partial charge in [-0.15, -0.1) is 0 Å². The van der Waals surface area contributed by atoms with Gasteiger partial charge in [0, 0.05) is 0 Å². The standard InChI is InChI=1S/C16H22N2O3/c1-10-6-7-12(21-5)11(8-10)18-9-13(19)17-14(15(18)20)16(2,3)4/h6-8,14H,9H2,1-5H3,(H,17,19). The number of aryl methyl sites for hydroxylation is 1. The van der Waals surface area contributed by atoms with Gasteiger partial charge < -0.3 is 10.1 Å². The van der Waals surface area contributed by atoms with Crippen LogP contribution in [0.3, 0.4) is 0 Å². The van der Waals surface area contributed by atoms with E-state index in [1.165, 1.54) is 4.90 Å². The van der Waals surface area contributed by atoms with Gasteiger partial charge in [-0.3, -0.25) is 14.5 Å². The number of nitrogens with one attached hydrogen (secondary N) is 1. The number of amides is 2. The quantitative estimate of drug-likeness (QED) is 0.904. The van der Waals surface area contributed by atoms with Crippen molar-refractivity contribution < 1.29 is 14.3 Å². The van der Waals surface area contributed by atoms with Crippen molar-refractivity contribution in [2.45, 2.75) is 33.7 Å². The van der Waals surface area contributed by atoms with Crippen molar-refractivity contribution in [2.75, 3.05) is 18.6 Å². The van der Waals surface area contributed by atoms with Gasteiger partial charge in [-0.2, -0.15) is 0 Å². The van der Waals surface area contributed by atoms with Crippen molar-refractivity contribution in [2.24, 2.45) is 5.41 Å². The van der Waals surface area contributed by atoms with Crippen molar-refractivity contribution in [1.29, 1.82) is 0 Å². The van der Waals surface area contributed by atoms with Gasteiger partial charge in [0.25, 0.3) is 5.91 Å². The number of hydrogen-bond donors (Lipinski definition) is 1. The molecule has 2 rings (SSSR count). The van der Waals surface area contributed by atoms with Crippen LogP contribution in [0.2, 0.25) is 0 Å². The molecular weight excluding hydrogens is 268 g/mol. The predicted octanol–water partition coefficient (Wildman–Crippen LogP) is 1.88. The van der Waals surface area contributed by atoms with Crippen molar-refractivity contribution in [3.05, 3.63) is 23.8 Å². The van der Waals surface area contributed by atoms with Crippen LogP contribution < -0.4 is 15.0 Å². The molecule has 21 heavy (non-hydrogen) atoms. The zero-order valence-electron chi connectivity index (χ0n) is 13.2. The molecule has 1 unspecified atom stereocenters. The van der Waals surface area contributed by atoms with E-state index in [0.717, 1.165) is 5.56 Å². The molecule has 114 valence electrons. The number of carbonyl (C=O) groups excluding carboxylic acids is 2. The maximum Gasteiger partial charge on any atom is 0.250 e. The number of anilines is 1. The minimum absolute atomic E-state index is 0.0191. The smallest absolute Gasteiger partial charge is 0.250 e. The Hall–Kier alpha value is -2.04. The minimum atomic E-state index is -0.538. The highest BCUT2D eigenvalue weighted by Gasteiger charge is 2.41. The SMILES string of the molecule is COc1ccc(C)cc1N1CC(=O)NC(C(C)(C)C)C1=O. The molecule has 1 saturated heterocycles. The summed E-state index contributed by atoms with van der Waals surface area (Å²) in [7, 11) is 1.56. The van der Waals surface area contributed by atoms with Crippen LogP contribution in [0.15, 0.2) is 18.2 Å². The van der Waals surface area contributed by atoms with Crippen LogP contribution in [-0.4, -0.2) is 31.5 Å². The van der Waals surface area contributed by atoms with Gasteiger partial charge in [-0.05, 0) is 30.0 Å². The normalized spacial score (nSPS) is 19.5. The molecule has 5 nitrogen and oxygen atoms in total. The Morgan fingerprint density at radius 1 is 1.29 bits per heavy atom. The molecule has 1 aliphatic heterocycles. The Labute approximate surface area is 125 Å². The van der Waals surface area contributed by atoms with Gasteiger partial charge in [0.05, 0.1) is 12.8 Å². The van der Waals surface area contributed by atoms with E-state index < -0.39 is 6.04 Å². The van der Waals surface area contributed by atoms with Crippen molar-refractivity contribution >= 4 is 17.5 Å². The predicted molar refractivity (Wildman–Crippen MR) is 81.5 cm³/mol. The number of benzene rings is 1. The first-order valence-corrected chi connectivity index (χ1v) is 6.99. The summed E-state index contributed by atoms with van der Waals surface area (Å²) in [6.45, 7) is 7.77. The van der Waals surface area contributed by atoms with E-state index in [4.69, 9.17) is 4.74 Å². The monoisotopic (exact) mass is 290 g/mol. The summed E-state index contributed by atoms with van der Waals surface area (Å²) in [5, 5.41) is 2.79. The second-order valence-electron chi connectivity index (χ2n) is 6.47. The highest BCUT2D eigenvalue weighted by atomic mass is 16.5. The summed E-state index contributed by atoms with van der Waals surface area (Å²) in [5.41, 5.74) is 1.31. The third-order valence-electron chi connectivity index (χ3n) is 3.61. The van der Waals surface area contributed by atoms with Crippen LogP contribution in [0.5, 0.6) is 5.75 Å². The molecule has 5 heteroatoms. The second-order valence-corrected chi connectivity index (χ2v) is 6.47. The number of methoxy groups -OCH3 is 1. The largest absolute Gasteiger partial charge is 0.495 e. The summed E-state index contributed by atoms with van der Waals surface area (Å²) in [6, 6.07) is 5.06. The molecule has 2 amide bonds. The van der Waals surface area contributed by atoms with E-state index in [2.05, 4.69) is 5.32 Å². The lowest BCUT2D eigenvalue weighted by Crippen LogP contribution is -2.62. The van der Waals surface area contributed by atoms with Crippen molar-refractivity contribution in [3.63, 3.8) is 0 Å². The summed E-state index contributed by atoms with van der Waals surface area (Å²) in [5.74, 6) is 0.334. The molecule has 0 radical (unpaired) electrons. The Balaban J connectivity index is 2.45. The number of ether oxygens (including phenoxy) is 1. The van der Waals surface area contributed by atoms with Gasteiger partial charge in [-0.1, -0.05) is 26.8 Å². The molecule has 1 atom stereocenters. The van der Waals surface area contributed by atoms with E-state index in [1.54, 1.807) is 7.11 Å². The Morgan fingerprint density at radius 3 is 2.52 bits per heavy atom. The number of piperazine rings is 1. The van der Waals surface area contributed by atoms with Gasteiger partial charge in [0.1, 0.15) is 18.3 Å². The van der Waals surface area contributed by atoms with Crippen LogP contribution >= 0.6 is 0 Å². The maximum absolute atomic E-state index is 12.8. The average molecular weight is 290 g/mol. The average Bonchev–Trinajstić information content (AvgIpc) is 2.39. The van der Waals surface area contributed by atoms with Crippen LogP contribution in [-0.2, 0) is 9.59 Å². The van der Waals surface area contributed by atoms with Crippen LogP contribution in [0.4, 0.5) is 5.69 Å². The van der Waals surface area contributed by atoms with Crippen LogP contribution in [0, 0.1) is 12.3 Å². The summed E-state index contributed by atoms with van der Waals surface area (Å²) in [4.78, 5) is 26.3. The van der Waals surface area contributed by atoms with E-state index in [9.17, 15) is 9.59 Å². The molecule has 1 fully saturated rings. The fourth-order valence-electron chi connectivity index (χ4n) is 2.45. The molecule has 1 aromatic rings. The Kier molecular flexibility index (Phi) is 3.94. The van der Waals surface area contributed by atoms with Gasteiger partial charge in [0.2, 0.25) is 5.91 Å². The fourth-order valence-corrected chi connectivity index (χ4v) is 2.45. The topological polar surface area (TPSA) is 58.6 Å². The van der Waals surface area contributed by atoms with Crippen LogP contribution in [0.25, 0.3) is 0 Å². The highest BCUT2D eigenvalue weighted by molar-refractivity contribution is 6.07. The van der Waals surface area contributed by atoms with Gasteiger partial charge >= 0.3 is 0 Å². The highest BCUT2D eigenvalue weighted by Crippen LogP contribution is 2.33. The van der Waals surface area contributed by atoms with E-state index in [0.29, 0.717) is 11.4 Å². The van der Waals surface area contributed by atoms with E-state index >= 15 is 0 Å². The molecule has 0 aromatic heterocycles. The lowest BCUT2D eigenvalue weighted by molar-refractivity contribution is -0.133.